The molecule has 1 aromatic heterocycles. The predicted octanol–water partition coefficient (Wildman–Crippen LogP) is 1.15. The minimum Gasteiger partial charge on any atom is -0.322 e. The Morgan fingerprint density at radius 3 is 2.75 bits per heavy atom. The van der Waals surface area contributed by atoms with Gasteiger partial charge >= 0.3 is 0 Å². The van der Waals surface area contributed by atoms with Crippen molar-refractivity contribution < 1.29 is 14.4 Å². The summed E-state index contributed by atoms with van der Waals surface area (Å²) in [6.45, 7) is 2.30. The number of aryl methyl sites for hydroxylation is 1. The molecule has 1 saturated heterocycles. The minimum atomic E-state index is -0.585. The number of fused-ring (bicyclic) bond motifs is 1. The maximum atomic E-state index is 12.6. The van der Waals surface area contributed by atoms with E-state index in [-0.39, 0.29) is 18.2 Å². The van der Waals surface area contributed by atoms with Crippen molar-refractivity contribution in [2.24, 2.45) is 0 Å². The summed E-state index contributed by atoms with van der Waals surface area (Å²) in [7, 11) is 0. The average Bonchev–Trinajstić information content (AvgIpc) is 3.11. The number of imide groups is 1. The van der Waals surface area contributed by atoms with Crippen molar-refractivity contribution >= 4 is 17.7 Å². The number of carbonyl (C=O) groups excluding carboxylic acids is 3. The van der Waals surface area contributed by atoms with Gasteiger partial charge in [-0.25, -0.2) is 0 Å². The second kappa shape index (κ2) is 5.30. The van der Waals surface area contributed by atoms with Crippen LogP contribution in [0.5, 0.6) is 0 Å². The van der Waals surface area contributed by atoms with E-state index in [1.807, 2.05) is 25.1 Å². The highest BCUT2D eigenvalue weighted by molar-refractivity contribution is 6.05. The topological polar surface area (TPSA) is 95.2 Å². The number of nitrogens with zero attached hydrogens (tertiary/aromatic N) is 2. The molecule has 3 heterocycles. The molecule has 0 spiro atoms. The van der Waals surface area contributed by atoms with E-state index < -0.39 is 11.9 Å². The minimum absolute atomic E-state index is 0.163. The van der Waals surface area contributed by atoms with Crippen LogP contribution in [-0.2, 0) is 16.1 Å². The van der Waals surface area contributed by atoms with Crippen molar-refractivity contribution in [3.8, 4) is 11.3 Å². The van der Waals surface area contributed by atoms with Gasteiger partial charge in [0.25, 0.3) is 5.91 Å². The number of piperidine rings is 1. The summed E-state index contributed by atoms with van der Waals surface area (Å²) in [6, 6.07) is 6.94. The van der Waals surface area contributed by atoms with E-state index in [4.69, 9.17) is 0 Å². The van der Waals surface area contributed by atoms with Crippen LogP contribution in [0.15, 0.2) is 24.3 Å². The summed E-state index contributed by atoms with van der Waals surface area (Å²) in [5, 5.41) is 9.44. The molecular formula is C17H16N4O3. The Balaban J connectivity index is 1.62. The second-order valence-electron chi connectivity index (χ2n) is 6.21. The number of H-pyrrole nitrogens is 1. The van der Waals surface area contributed by atoms with Crippen LogP contribution in [0.25, 0.3) is 11.3 Å². The molecule has 7 heteroatoms. The van der Waals surface area contributed by atoms with Gasteiger partial charge in [0.1, 0.15) is 6.04 Å². The first-order valence-corrected chi connectivity index (χ1v) is 7.83. The second-order valence-corrected chi connectivity index (χ2v) is 6.21. The number of hydrogen-bond acceptors (Lipinski definition) is 4. The van der Waals surface area contributed by atoms with Crippen molar-refractivity contribution in [1.29, 1.82) is 0 Å². The van der Waals surface area contributed by atoms with Gasteiger partial charge in [-0.2, -0.15) is 5.10 Å². The number of hydrogen-bond donors (Lipinski definition) is 2. The molecule has 2 aromatic rings. The van der Waals surface area contributed by atoms with Crippen LogP contribution in [-0.4, -0.2) is 38.9 Å². The van der Waals surface area contributed by atoms with Crippen LogP contribution in [0.4, 0.5) is 0 Å². The zero-order valence-corrected chi connectivity index (χ0v) is 13.1. The molecule has 1 aromatic carbocycles. The summed E-state index contributed by atoms with van der Waals surface area (Å²) in [5.74, 6) is -0.837. The Morgan fingerprint density at radius 1 is 1.21 bits per heavy atom. The number of aromatic nitrogens is 2. The standard InChI is InChI=1S/C17H16N4O3/c1-9-6-13(20-19-9)10-2-3-12-11(7-10)8-21(17(12)24)14-4-5-15(22)18-16(14)23/h2-3,6-7,14H,4-5,8H2,1H3,(H,19,20)(H,18,22,23). The van der Waals surface area contributed by atoms with Gasteiger partial charge in [-0.05, 0) is 37.1 Å². The lowest BCUT2D eigenvalue weighted by Crippen LogP contribution is -2.52. The van der Waals surface area contributed by atoms with Crippen LogP contribution >= 0.6 is 0 Å². The highest BCUT2D eigenvalue weighted by atomic mass is 16.2. The fraction of sp³-hybridized carbons (Fsp3) is 0.294. The van der Waals surface area contributed by atoms with E-state index in [2.05, 4.69) is 15.5 Å². The third-order valence-corrected chi connectivity index (χ3v) is 4.53. The molecule has 1 fully saturated rings. The fourth-order valence-electron chi connectivity index (χ4n) is 3.30. The lowest BCUT2D eigenvalue weighted by atomic mass is 10.0. The lowest BCUT2D eigenvalue weighted by molar-refractivity contribution is -0.136. The van der Waals surface area contributed by atoms with Crippen LogP contribution in [0.2, 0.25) is 0 Å². The Morgan fingerprint density at radius 2 is 2.04 bits per heavy atom. The van der Waals surface area contributed by atoms with E-state index in [1.54, 1.807) is 11.0 Å². The lowest BCUT2D eigenvalue weighted by Gasteiger charge is -2.29. The molecule has 2 N–H and O–H groups in total. The van der Waals surface area contributed by atoms with E-state index in [9.17, 15) is 14.4 Å². The Bertz CT molecular complexity index is 870. The van der Waals surface area contributed by atoms with Gasteiger partial charge in [-0.3, -0.25) is 24.8 Å². The molecule has 0 radical (unpaired) electrons. The van der Waals surface area contributed by atoms with Gasteiger partial charge in [0, 0.05) is 29.8 Å². The first-order valence-electron chi connectivity index (χ1n) is 7.83. The van der Waals surface area contributed by atoms with Gasteiger partial charge in [0.05, 0.1) is 5.69 Å². The van der Waals surface area contributed by atoms with E-state index in [0.29, 0.717) is 18.5 Å². The molecule has 0 bridgehead atoms. The molecule has 1 atom stereocenters. The zero-order valence-electron chi connectivity index (χ0n) is 13.1. The fourth-order valence-corrected chi connectivity index (χ4v) is 3.30. The predicted molar refractivity (Wildman–Crippen MR) is 84.8 cm³/mol. The van der Waals surface area contributed by atoms with Crippen molar-refractivity contribution in [3.05, 3.63) is 41.1 Å². The number of amides is 3. The number of nitrogens with one attached hydrogen (secondary N) is 2. The smallest absolute Gasteiger partial charge is 0.255 e. The third-order valence-electron chi connectivity index (χ3n) is 4.53. The normalized spacial score (nSPS) is 20.3. The number of rotatable bonds is 2. The first kappa shape index (κ1) is 14.6. The number of carbonyl (C=O) groups is 3. The van der Waals surface area contributed by atoms with Gasteiger partial charge < -0.3 is 4.90 Å². The van der Waals surface area contributed by atoms with Crippen LogP contribution in [0, 0.1) is 6.92 Å². The first-order chi connectivity index (χ1) is 11.5. The monoisotopic (exact) mass is 324 g/mol. The van der Waals surface area contributed by atoms with E-state index in [1.165, 1.54) is 0 Å². The maximum absolute atomic E-state index is 12.6. The highest BCUT2D eigenvalue weighted by Crippen LogP contribution is 2.30. The van der Waals surface area contributed by atoms with Gasteiger partial charge in [-0.1, -0.05) is 6.07 Å². The summed E-state index contributed by atoms with van der Waals surface area (Å²) in [4.78, 5) is 37.5. The van der Waals surface area contributed by atoms with Gasteiger partial charge in [0.15, 0.2) is 0 Å². The van der Waals surface area contributed by atoms with Crippen LogP contribution in [0.1, 0.15) is 34.5 Å². The Labute approximate surface area is 138 Å². The maximum Gasteiger partial charge on any atom is 0.255 e. The molecule has 0 aliphatic carbocycles. The average molecular weight is 324 g/mol. The van der Waals surface area contributed by atoms with Crippen molar-refractivity contribution in [2.75, 3.05) is 0 Å². The summed E-state index contributed by atoms with van der Waals surface area (Å²) in [5.41, 5.74) is 4.20. The Hall–Kier alpha value is -2.96. The van der Waals surface area contributed by atoms with Crippen molar-refractivity contribution in [1.82, 2.24) is 20.4 Å². The third kappa shape index (κ3) is 2.29. The summed E-state index contributed by atoms with van der Waals surface area (Å²) >= 11 is 0. The molecule has 0 saturated carbocycles. The molecule has 122 valence electrons. The highest BCUT2D eigenvalue weighted by Gasteiger charge is 2.39. The SMILES string of the molecule is Cc1cc(-c2ccc3c(c2)CN(C2CCC(=O)NC2=O)C3=O)n[nH]1. The van der Waals surface area contributed by atoms with Crippen LogP contribution in [0.3, 0.4) is 0 Å². The molecule has 24 heavy (non-hydrogen) atoms. The largest absolute Gasteiger partial charge is 0.322 e. The molecule has 3 amide bonds. The summed E-state index contributed by atoms with van der Waals surface area (Å²) in [6.07, 6.45) is 0.629. The molecular weight excluding hydrogens is 308 g/mol. The summed E-state index contributed by atoms with van der Waals surface area (Å²) < 4.78 is 0. The van der Waals surface area contributed by atoms with E-state index >= 15 is 0 Å². The molecule has 4 rings (SSSR count). The molecule has 2 aliphatic heterocycles. The Kier molecular flexibility index (Phi) is 3.23. The zero-order chi connectivity index (χ0) is 16.8. The van der Waals surface area contributed by atoms with Crippen molar-refractivity contribution in [3.63, 3.8) is 0 Å². The molecule has 1 unspecified atom stereocenters. The van der Waals surface area contributed by atoms with Gasteiger partial charge in [0.2, 0.25) is 11.8 Å². The van der Waals surface area contributed by atoms with E-state index in [0.717, 1.165) is 22.5 Å². The number of benzene rings is 1. The van der Waals surface area contributed by atoms with Gasteiger partial charge in [-0.15, -0.1) is 0 Å². The molecule has 2 aliphatic rings. The van der Waals surface area contributed by atoms with Crippen LogP contribution < -0.4 is 5.32 Å². The molecule has 7 nitrogen and oxygen atoms in total. The quantitative estimate of drug-likeness (QED) is 0.810. The number of aromatic amines is 1. The van der Waals surface area contributed by atoms with Crippen molar-refractivity contribution in [2.45, 2.75) is 32.4 Å².